The zero-order chi connectivity index (χ0) is 11.2. The minimum atomic E-state index is 0.577. The molecule has 2 N–H and O–H groups in total. The van der Waals surface area contributed by atoms with Crippen molar-refractivity contribution in [1.82, 2.24) is 4.98 Å². The van der Waals surface area contributed by atoms with Gasteiger partial charge in [0.25, 0.3) is 0 Å². The summed E-state index contributed by atoms with van der Waals surface area (Å²) in [5, 5.41) is 0. The van der Waals surface area contributed by atoms with Crippen molar-refractivity contribution in [2.24, 2.45) is 5.73 Å². The van der Waals surface area contributed by atoms with Gasteiger partial charge in [0.2, 0.25) is 0 Å². The fourth-order valence-corrected chi connectivity index (χ4v) is 2.39. The van der Waals surface area contributed by atoms with Crippen LogP contribution in [-0.4, -0.2) is 4.98 Å². The highest BCUT2D eigenvalue weighted by atomic mass is 32.2. The van der Waals surface area contributed by atoms with Crippen molar-refractivity contribution in [3.05, 3.63) is 59.9 Å². The number of hydrogen-bond donors (Lipinski definition) is 1. The largest absolute Gasteiger partial charge is 0.326 e. The Hall–Kier alpha value is -1.32. The van der Waals surface area contributed by atoms with E-state index in [1.165, 1.54) is 16.0 Å². The molecule has 0 aliphatic rings. The molecule has 0 aliphatic carbocycles. The minimum absolute atomic E-state index is 0.577. The summed E-state index contributed by atoms with van der Waals surface area (Å²) in [4.78, 5) is 5.41. The second kappa shape index (κ2) is 5.68. The lowest BCUT2D eigenvalue weighted by Crippen LogP contribution is -2.01. The van der Waals surface area contributed by atoms with E-state index in [1.54, 1.807) is 6.20 Å². The Morgan fingerprint density at radius 1 is 1.06 bits per heavy atom. The summed E-state index contributed by atoms with van der Waals surface area (Å²) in [5.41, 5.74) is 8.08. The van der Waals surface area contributed by atoms with Gasteiger partial charge < -0.3 is 5.73 Å². The quantitative estimate of drug-likeness (QED) is 0.821. The van der Waals surface area contributed by atoms with Crippen LogP contribution in [0.5, 0.6) is 0 Å². The van der Waals surface area contributed by atoms with Gasteiger partial charge in [0.1, 0.15) is 0 Å². The summed E-state index contributed by atoms with van der Waals surface area (Å²) >= 11 is 1.81. The molecule has 2 aromatic rings. The number of hydrogen-bond acceptors (Lipinski definition) is 3. The third kappa shape index (κ3) is 2.84. The highest BCUT2D eigenvalue weighted by Gasteiger charge is 2.01. The van der Waals surface area contributed by atoms with Gasteiger partial charge in [-0.3, -0.25) is 4.98 Å². The highest BCUT2D eigenvalue weighted by Crippen LogP contribution is 2.23. The standard InChI is InChI=1S/C13H14N2S/c14-8-11-6-7-15-9-12(11)10-16-13-4-2-1-3-5-13/h1-7,9H,8,10,14H2. The second-order valence-electron chi connectivity index (χ2n) is 3.45. The lowest BCUT2D eigenvalue weighted by molar-refractivity contribution is 1.03. The molecular weight excluding hydrogens is 216 g/mol. The van der Waals surface area contributed by atoms with Gasteiger partial charge in [-0.25, -0.2) is 0 Å². The molecule has 1 heterocycles. The number of aromatic nitrogens is 1. The van der Waals surface area contributed by atoms with Crippen LogP contribution in [0, 0.1) is 0 Å². The van der Waals surface area contributed by atoms with Crippen molar-refractivity contribution < 1.29 is 0 Å². The van der Waals surface area contributed by atoms with Crippen LogP contribution < -0.4 is 5.73 Å². The summed E-state index contributed by atoms with van der Waals surface area (Å²) in [6, 6.07) is 12.3. The van der Waals surface area contributed by atoms with Crippen molar-refractivity contribution in [1.29, 1.82) is 0 Å². The van der Waals surface area contributed by atoms with E-state index in [4.69, 9.17) is 5.73 Å². The van der Waals surface area contributed by atoms with Crippen molar-refractivity contribution in [2.45, 2.75) is 17.2 Å². The Balaban J connectivity index is 2.05. The summed E-state index contributed by atoms with van der Waals surface area (Å²) in [6.45, 7) is 0.577. The van der Waals surface area contributed by atoms with Crippen LogP contribution >= 0.6 is 11.8 Å². The van der Waals surface area contributed by atoms with Gasteiger partial charge in [0.15, 0.2) is 0 Å². The van der Waals surface area contributed by atoms with Crippen molar-refractivity contribution in [2.75, 3.05) is 0 Å². The predicted octanol–water partition coefficient (Wildman–Crippen LogP) is 2.83. The third-order valence-corrected chi connectivity index (χ3v) is 3.42. The lowest BCUT2D eigenvalue weighted by atomic mass is 10.2. The van der Waals surface area contributed by atoms with E-state index < -0.39 is 0 Å². The summed E-state index contributed by atoms with van der Waals surface area (Å²) in [5.74, 6) is 0.921. The summed E-state index contributed by atoms with van der Waals surface area (Å²) in [7, 11) is 0. The second-order valence-corrected chi connectivity index (χ2v) is 4.50. The molecule has 1 aromatic heterocycles. The van der Waals surface area contributed by atoms with Gasteiger partial charge in [-0.2, -0.15) is 0 Å². The Morgan fingerprint density at radius 3 is 2.62 bits per heavy atom. The molecule has 0 saturated heterocycles. The first kappa shape index (κ1) is 11.2. The molecule has 0 radical (unpaired) electrons. The number of nitrogens with two attached hydrogens (primary N) is 1. The zero-order valence-corrected chi connectivity index (χ0v) is 9.78. The average Bonchev–Trinajstić information content (AvgIpc) is 2.38. The summed E-state index contributed by atoms with van der Waals surface area (Å²) < 4.78 is 0. The fraction of sp³-hybridized carbons (Fsp3) is 0.154. The minimum Gasteiger partial charge on any atom is -0.326 e. The van der Waals surface area contributed by atoms with Crippen molar-refractivity contribution >= 4 is 11.8 Å². The first-order chi connectivity index (χ1) is 7.90. The van der Waals surface area contributed by atoms with Gasteiger partial charge in [-0.15, -0.1) is 11.8 Å². The maximum Gasteiger partial charge on any atom is 0.0311 e. The van der Waals surface area contributed by atoms with E-state index in [2.05, 4.69) is 29.2 Å². The van der Waals surface area contributed by atoms with Crippen LogP contribution in [0.15, 0.2) is 53.7 Å². The monoisotopic (exact) mass is 230 g/mol. The lowest BCUT2D eigenvalue weighted by Gasteiger charge is -2.06. The maximum atomic E-state index is 5.68. The maximum absolute atomic E-state index is 5.68. The molecular formula is C13H14N2S. The normalized spacial score (nSPS) is 10.3. The van der Waals surface area contributed by atoms with Gasteiger partial charge >= 0.3 is 0 Å². The van der Waals surface area contributed by atoms with E-state index in [-0.39, 0.29) is 0 Å². The third-order valence-electron chi connectivity index (χ3n) is 2.36. The molecule has 0 bridgehead atoms. The van der Waals surface area contributed by atoms with Gasteiger partial charge in [0.05, 0.1) is 0 Å². The molecule has 3 heteroatoms. The number of benzene rings is 1. The Labute approximate surface area is 99.9 Å². The molecule has 0 saturated carbocycles. The topological polar surface area (TPSA) is 38.9 Å². The van der Waals surface area contributed by atoms with Crippen molar-refractivity contribution in [3.8, 4) is 0 Å². The molecule has 1 aromatic carbocycles. The van der Waals surface area contributed by atoms with Crippen LogP contribution in [0.1, 0.15) is 11.1 Å². The molecule has 2 nitrogen and oxygen atoms in total. The van der Waals surface area contributed by atoms with E-state index >= 15 is 0 Å². The molecule has 0 atom stereocenters. The molecule has 0 amide bonds. The molecule has 0 unspecified atom stereocenters. The van der Waals surface area contributed by atoms with Gasteiger partial charge in [-0.1, -0.05) is 18.2 Å². The van der Waals surface area contributed by atoms with E-state index in [9.17, 15) is 0 Å². The molecule has 0 aliphatic heterocycles. The van der Waals surface area contributed by atoms with Gasteiger partial charge in [-0.05, 0) is 29.3 Å². The number of thioether (sulfide) groups is 1. The Bertz CT molecular complexity index is 443. The van der Waals surface area contributed by atoms with E-state index in [0.29, 0.717) is 6.54 Å². The van der Waals surface area contributed by atoms with E-state index in [1.807, 2.05) is 30.1 Å². The first-order valence-corrected chi connectivity index (χ1v) is 6.18. The van der Waals surface area contributed by atoms with Crippen LogP contribution in [-0.2, 0) is 12.3 Å². The molecule has 2 rings (SSSR count). The van der Waals surface area contributed by atoms with Crippen molar-refractivity contribution in [3.63, 3.8) is 0 Å². The van der Waals surface area contributed by atoms with Gasteiger partial charge in [0, 0.05) is 29.6 Å². The SMILES string of the molecule is NCc1ccncc1CSc1ccccc1. The molecule has 82 valence electrons. The van der Waals surface area contributed by atoms with Crippen LogP contribution in [0.3, 0.4) is 0 Å². The average molecular weight is 230 g/mol. The highest BCUT2D eigenvalue weighted by molar-refractivity contribution is 7.98. The number of nitrogens with zero attached hydrogens (tertiary/aromatic N) is 1. The fourth-order valence-electron chi connectivity index (χ4n) is 1.46. The summed E-state index contributed by atoms with van der Waals surface area (Å²) in [6.07, 6.45) is 3.69. The Kier molecular flexibility index (Phi) is 3.97. The number of pyridine rings is 1. The van der Waals surface area contributed by atoms with Crippen LogP contribution in [0.4, 0.5) is 0 Å². The number of rotatable bonds is 4. The van der Waals surface area contributed by atoms with Crippen LogP contribution in [0.25, 0.3) is 0 Å². The Morgan fingerprint density at radius 2 is 1.88 bits per heavy atom. The van der Waals surface area contributed by atoms with Crippen LogP contribution in [0.2, 0.25) is 0 Å². The molecule has 16 heavy (non-hydrogen) atoms. The smallest absolute Gasteiger partial charge is 0.0311 e. The zero-order valence-electron chi connectivity index (χ0n) is 8.97. The molecule has 0 fully saturated rings. The first-order valence-electron chi connectivity index (χ1n) is 5.20. The van der Waals surface area contributed by atoms with E-state index in [0.717, 1.165) is 5.75 Å². The molecule has 0 spiro atoms. The predicted molar refractivity (Wildman–Crippen MR) is 68.1 cm³/mol.